The van der Waals surface area contributed by atoms with Crippen LogP contribution in [-0.4, -0.2) is 68.9 Å². The van der Waals surface area contributed by atoms with Gasteiger partial charge >= 0.3 is 0 Å². The molecule has 0 radical (unpaired) electrons. The van der Waals surface area contributed by atoms with Gasteiger partial charge in [0.25, 0.3) is 0 Å². The summed E-state index contributed by atoms with van der Waals surface area (Å²) in [6.45, 7) is 2.73. The van der Waals surface area contributed by atoms with Crippen molar-refractivity contribution in [3.05, 3.63) is 60.2 Å². The first-order chi connectivity index (χ1) is 17.5. The molecule has 4 N–H and O–H groups in total. The van der Waals surface area contributed by atoms with Crippen molar-refractivity contribution in [3.8, 4) is 5.82 Å². The summed E-state index contributed by atoms with van der Waals surface area (Å²) in [5.74, 6) is 1.15. The third kappa shape index (κ3) is 4.12. The number of nitrogen functional groups attached to an aromatic ring is 1. The SMILES string of the molecule is CN1CCN(c2ccc(Nc3ncc4c(F)c(C5CC5)n(-c5cccc(N)n5)c4n3)cc2)CC1CO. The van der Waals surface area contributed by atoms with E-state index in [4.69, 9.17) is 5.73 Å². The monoisotopic (exact) mass is 488 g/mol. The molecule has 1 saturated heterocycles. The average molecular weight is 489 g/mol. The fourth-order valence-electron chi connectivity index (χ4n) is 4.89. The fraction of sp³-hybridized carbons (Fsp3) is 0.346. The fourth-order valence-corrected chi connectivity index (χ4v) is 4.89. The zero-order valence-electron chi connectivity index (χ0n) is 20.1. The number of fused-ring (bicyclic) bond motifs is 1. The topological polar surface area (TPSA) is 108 Å². The number of aliphatic hydroxyl groups excluding tert-OH is 1. The van der Waals surface area contributed by atoms with E-state index in [9.17, 15) is 5.11 Å². The molecule has 1 atom stereocenters. The Balaban J connectivity index is 1.30. The lowest BCUT2D eigenvalue weighted by atomic mass is 10.1. The highest BCUT2D eigenvalue weighted by molar-refractivity contribution is 5.81. The number of pyridine rings is 1. The Labute approximate surface area is 208 Å². The van der Waals surface area contributed by atoms with Gasteiger partial charge in [-0.25, -0.2) is 14.4 Å². The maximum atomic E-state index is 15.4. The van der Waals surface area contributed by atoms with E-state index in [0.29, 0.717) is 34.3 Å². The van der Waals surface area contributed by atoms with Crippen LogP contribution in [0.1, 0.15) is 24.5 Å². The van der Waals surface area contributed by atoms with Crippen LogP contribution in [0.5, 0.6) is 0 Å². The zero-order chi connectivity index (χ0) is 24.8. The van der Waals surface area contributed by atoms with Gasteiger partial charge in [-0.05, 0) is 56.3 Å². The molecule has 36 heavy (non-hydrogen) atoms. The minimum atomic E-state index is -0.291. The van der Waals surface area contributed by atoms with Crippen molar-refractivity contribution >= 4 is 34.2 Å². The van der Waals surface area contributed by atoms with Gasteiger partial charge in [0, 0.05) is 43.1 Å². The Kier molecular flexibility index (Phi) is 5.69. The second kappa shape index (κ2) is 9.03. The van der Waals surface area contributed by atoms with Crippen LogP contribution in [0.3, 0.4) is 0 Å². The van der Waals surface area contributed by atoms with Crippen LogP contribution in [0.25, 0.3) is 16.9 Å². The van der Waals surface area contributed by atoms with E-state index in [2.05, 4.69) is 30.1 Å². The van der Waals surface area contributed by atoms with Crippen LogP contribution >= 0.6 is 0 Å². The summed E-state index contributed by atoms with van der Waals surface area (Å²) >= 11 is 0. The van der Waals surface area contributed by atoms with Gasteiger partial charge in [-0.2, -0.15) is 4.98 Å². The minimum Gasteiger partial charge on any atom is -0.395 e. The molecule has 0 amide bonds. The molecule has 186 valence electrons. The van der Waals surface area contributed by atoms with Gasteiger partial charge in [0.1, 0.15) is 11.6 Å². The van der Waals surface area contributed by atoms with E-state index in [1.165, 1.54) is 6.20 Å². The number of likely N-dealkylation sites (N-methyl/N-ethyl adjacent to an activating group) is 1. The predicted octanol–water partition coefficient (Wildman–Crippen LogP) is 3.27. The summed E-state index contributed by atoms with van der Waals surface area (Å²) in [4.78, 5) is 18.0. The van der Waals surface area contributed by atoms with Crippen molar-refractivity contribution in [3.63, 3.8) is 0 Å². The molecule has 1 unspecified atom stereocenters. The van der Waals surface area contributed by atoms with Crippen LogP contribution < -0.4 is 16.0 Å². The maximum absolute atomic E-state index is 15.4. The Morgan fingerprint density at radius 1 is 1.11 bits per heavy atom. The van der Waals surface area contributed by atoms with Gasteiger partial charge in [0.05, 0.1) is 23.7 Å². The molecule has 2 fully saturated rings. The lowest BCUT2D eigenvalue weighted by Crippen LogP contribution is -2.53. The summed E-state index contributed by atoms with van der Waals surface area (Å²) in [5, 5.41) is 13.3. The first-order valence-corrected chi connectivity index (χ1v) is 12.2. The number of piperazine rings is 1. The van der Waals surface area contributed by atoms with Crippen molar-refractivity contribution in [2.75, 3.05) is 49.2 Å². The molecule has 1 aliphatic heterocycles. The third-order valence-corrected chi connectivity index (χ3v) is 7.11. The lowest BCUT2D eigenvalue weighted by Gasteiger charge is -2.39. The van der Waals surface area contributed by atoms with Crippen LogP contribution in [0.4, 0.5) is 27.5 Å². The molecule has 0 bridgehead atoms. The van der Waals surface area contributed by atoms with E-state index >= 15 is 4.39 Å². The number of benzene rings is 1. The van der Waals surface area contributed by atoms with E-state index in [1.54, 1.807) is 10.6 Å². The number of nitrogens with one attached hydrogen (secondary N) is 1. The minimum absolute atomic E-state index is 0.128. The molecule has 1 aromatic carbocycles. The van der Waals surface area contributed by atoms with Crippen LogP contribution in [0, 0.1) is 5.82 Å². The normalized spacial score (nSPS) is 18.6. The van der Waals surface area contributed by atoms with Crippen molar-refractivity contribution in [1.82, 2.24) is 24.4 Å². The van der Waals surface area contributed by atoms with Crippen molar-refractivity contribution in [1.29, 1.82) is 0 Å². The molecule has 2 aliphatic rings. The van der Waals surface area contributed by atoms with Gasteiger partial charge in [0.2, 0.25) is 5.95 Å². The number of hydrogen-bond donors (Lipinski definition) is 3. The number of hydrogen-bond acceptors (Lipinski definition) is 8. The highest BCUT2D eigenvalue weighted by Gasteiger charge is 2.34. The molecule has 1 saturated carbocycles. The first-order valence-electron chi connectivity index (χ1n) is 12.2. The molecule has 3 aromatic heterocycles. The van der Waals surface area contributed by atoms with E-state index in [-0.39, 0.29) is 24.4 Å². The number of anilines is 4. The largest absolute Gasteiger partial charge is 0.395 e. The molecule has 4 aromatic rings. The van der Waals surface area contributed by atoms with Gasteiger partial charge in [-0.3, -0.25) is 9.47 Å². The number of aliphatic hydroxyl groups is 1. The number of rotatable bonds is 6. The van der Waals surface area contributed by atoms with Gasteiger partial charge in [-0.15, -0.1) is 0 Å². The Bertz CT molecular complexity index is 1400. The first kappa shape index (κ1) is 22.7. The molecular weight excluding hydrogens is 459 g/mol. The van der Waals surface area contributed by atoms with Crippen molar-refractivity contribution < 1.29 is 9.50 Å². The molecule has 6 rings (SSSR count). The molecule has 4 heterocycles. The number of halogens is 1. The highest BCUT2D eigenvalue weighted by Crippen LogP contribution is 2.45. The number of nitrogens with zero attached hydrogens (tertiary/aromatic N) is 6. The Morgan fingerprint density at radius 2 is 1.92 bits per heavy atom. The number of nitrogens with two attached hydrogens (primary N) is 1. The maximum Gasteiger partial charge on any atom is 0.229 e. The second-order valence-corrected chi connectivity index (χ2v) is 9.60. The predicted molar refractivity (Wildman–Crippen MR) is 138 cm³/mol. The third-order valence-electron chi connectivity index (χ3n) is 7.11. The molecule has 0 spiro atoms. The summed E-state index contributed by atoms with van der Waals surface area (Å²) < 4.78 is 17.2. The van der Waals surface area contributed by atoms with Gasteiger partial charge in [-0.1, -0.05) is 6.07 Å². The molecular formula is C26H29FN8O. The standard InChI is InChI=1S/C26H29FN8O/c1-33-11-12-34(14-19(33)15-36)18-9-7-17(8-10-18)30-26-29-13-20-23(27)24(16-5-6-16)35(25(20)32-26)22-4-2-3-21(28)31-22/h2-4,7-10,13,16,19,36H,5-6,11-12,14-15H2,1H3,(H2,28,31)(H,29,30,32). The summed E-state index contributed by atoms with van der Waals surface area (Å²) in [6.07, 6.45) is 3.40. The van der Waals surface area contributed by atoms with Gasteiger partial charge in [0.15, 0.2) is 11.5 Å². The zero-order valence-corrected chi connectivity index (χ0v) is 20.1. The summed E-state index contributed by atoms with van der Waals surface area (Å²) in [7, 11) is 2.04. The van der Waals surface area contributed by atoms with Gasteiger partial charge < -0.3 is 21.1 Å². The Morgan fingerprint density at radius 3 is 2.64 bits per heavy atom. The lowest BCUT2D eigenvalue weighted by molar-refractivity contribution is 0.135. The van der Waals surface area contributed by atoms with Crippen molar-refractivity contribution in [2.45, 2.75) is 24.8 Å². The summed E-state index contributed by atoms with van der Waals surface area (Å²) in [6, 6.07) is 13.5. The Hall–Kier alpha value is -3.76. The van der Waals surface area contributed by atoms with Crippen molar-refractivity contribution in [2.24, 2.45) is 0 Å². The molecule has 10 heteroatoms. The average Bonchev–Trinajstić information content (AvgIpc) is 3.68. The van der Waals surface area contributed by atoms with E-state index in [0.717, 1.165) is 43.9 Å². The van der Waals surface area contributed by atoms with E-state index < -0.39 is 0 Å². The summed E-state index contributed by atoms with van der Waals surface area (Å²) in [5.41, 5.74) is 8.91. The van der Waals surface area contributed by atoms with Crippen LogP contribution in [-0.2, 0) is 0 Å². The van der Waals surface area contributed by atoms with E-state index in [1.807, 2.05) is 43.4 Å². The highest BCUT2D eigenvalue weighted by atomic mass is 19.1. The van der Waals surface area contributed by atoms with Crippen LogP contribution in [0.2, 0.25) is 0 Å². The van der Waals surface area contributed by atoms with Crippen LogP contribution in [0.15, 0.2) is 48.7 Å². The quantitative estimate of drug-likeness (QED) is 0.380. The molecule has 1 aliphatic carbocycles. The second-order valence-electron chi connectivity index (χ2n) is 9.60. The molecule has 9 nitrogen and oxygen atoms in total. The smallest absolute Gasteiger partial charge is 0.229 e. The number of aromatic nitrogens is 4.